The summed E-state index contributed by atoms with van der Waals surface area (Å²) in [6.45, 7) is 2.99. The van der Waals surface area contributed by atoms with Crippen molar-refractivity contribution in [3.05, 3.63) is 65.0 Å². The third-order valence-corrected chi connectivity index (χ3v) is 6.38. The second-order valence-corrected chi connectivity index (χ2v) is 9.58. The summed E-state index contributed by atoms with van der Waals surface area (Å²) in [6.07, 6.45) is 0.683. The average molecular weight is 529 g/mol. The summed E-state index contributed by atoms with van der Waals surface area (Å²) in [6, 6.07) is 10.3. The Morgan fingerprint density at radius 2 is 1.97 bits per heavy atom. The molecule has 0 radical (unpaired) electrons. The number of halogens is 1. The highest BCUT2D eigenvalue weighted by Crippen LogP contribution is 2.19. The quantitative estimate of drug-likeness (QED) is 0.351. The van der Waals surface area contributed by atoms with Crippen LogP contribution in [0.5, 0.6) is 5.75 Å². The summed E-state index contributed by atoms with van der Waals surface area (Å²) in [7, 11) is 0. The molecule has 2 aromatic rings. The summed E-state index contributed by atoms with van der Waals surface area (Å²) >= 11 is 0. The molecule has 0 spiro atoms. The molecule has 1 aliphatic rings. The summed E-state index contributed by atoms with van der Waals surface area (Å²) in [4.78, 5) is 37.1. The molecule has 38 heavy (non-hydrogen) atoms. The van der Waals surface area contributed by atoms with Crippen LogP contribution in [0.25, 0.3) is 0 Å². The monoisotopic (exact) mass is 528 g/mol. The van der Waals surface area contributed by atoms with Gasteiger partial charge in [-0.25, -0.2) is 4.39 Å². The predicted octanol–water partition coefficient (Wildman–Crippen LogP) is 1.49. The molecule has 3 atom stereocenters. The van der Waals surface area contributed by atoms with Crippen LogP contribution >= 0.6 is 0 Å². The lowest BCUT2D eigenvalue weighted by Gasteiger charge is -2.27. The third kappa shape index (κ3) is 9.42. The number of aryl methyl sites for hydroxylation is 1. The van der Waals surface area contributed by atoms with Crippen LogP contribution in [0.3, 0.4) is 0 Å². The van der Waals surface area contributed by atoms with Crippen LogP contribution < -0.4 is 26.4 Å². The number of hydrogen-bond donors (Lipinski definition) is 5. The average Bonchev–Trinajstić information content (AvgIpc) is 2.87. The van der Waals surface area contributed by atoms with Crippen molar-refractivity contribution < 1.29 is 28.6 Å². The Kier molecular flexibility index (Phi) is 11.0. The van der Waals surface area contributed by atoms with Gasteiger partial charge in [0.1, 0.15) is 17.6 Å². The zero-order valence-corrected chi connectivity index (χ0v) is 21.7. The topological polar surface area (TPSA) is 143 Å². The van der Waals surface area contributed by atoms with Gasteiger partial charge in [0.15, 0.2) is 0 Å². The van der Waals surface area contributed by atoms with Crippen LogP contribution in [0.2, 0.25) is 0 Å². The van der Waals surface area contributed by atoms with E-state index in [1.807, 2.05) is 18.2 Å². The van der Waals surface area contributed by atoms with E-state index in [9.17, 15) is 23.9 Å². The molecule has 0 saturated carbocycles. The molecular formula is C28H37FN4O5. The molecule has 2 aromatic carbocycles. The molecule has 0 fully saturated rings. The van der Waals surface area contributed by atoms with Crippen molar-refractivity contribution in [2.45, 2.75) is 70.2 Å². The predicted molar refractivity (Wildman–Crippen MR) is 141 cm³/mol. The fourth-order valence-electron chi connectivity index (χ4n) is 4.36. The van der Waals surface area contributed by atoms with Crippen molar-refractivity contribution in [2.75, 3.05) is 13.2 Å². The van der Waals surface area contributed by atoms with E-state index in [1.165, 1.54) is 17.7 Å². The number of fused-ring (bicyclic) bond motifs is 2. The van der Waals surface area contributed by atoms with Gasteiger partial charge in [-0.15, -0.1) is 0 Å². The molecule has 6 N–H and O–H groups in total. The summed E-state index contributed by atoms with van der Waals surface area (Å²) in [5.74, 6) is -1.97. The maximum atomic E-state index is 14.4. The van der Waals surface area contributed by atoms with Crippen LogP contribution in [0.1, 0.15) is 49.3 Å². The fraction of sp³-hybridized carbons (Fsp3) is 0.464. The van der Waals surface area contributed by atoms with Gasteiger partial charge in [-0.05, 0) is 54.5 Å². The number of amides is 3. The lowest BCUT2D eigenvalue weighted by Crippen LogP contribution is -2.55. The molecule has 0 aliphatic carbocycles. The van der Waals surface area contributed by atoms with Crippen LogP contribution in [-0.4, -0.2) is 54.2 Å². The molecule has 0 unspecified atom stereocenters. The number of aliphatic hydroxyl groups is 1. The molecule has 1 aliphatic heterocycles. The Labute approximate surface area is 222 Å². The van der Waals surface area contributed by atoms with Gasteiger partial charge in [0.2, 0.25) is 17.7 Å². The van der Waals surface area contributed by atoms with E-state index in [2.05, 4.69) is 28.9 Å². The van der Waals surface area contributed by atoms with E-state index in [0.717, 1.165) is 12.0 Å². The number of primary amides is 1. The van der Waals surface area contributed by atoms with Gasteiger partial charge < -0.3 is 31.5 Å². The van der Waals surface area contributed by atoms with Crippen molar-refractivity contribution in [1.82, 2.24) is 16.0 Å². The van der Waals surface area contributed by atoms with Gasteiger partial charge in [-0.3, -0.25) is 14.4 Å². The lowest BCUT2D eigenvalue weighted by molar-refractivity contribution is -0.132. The van der Waals surface area contributed by atoms with Crippen LogP contribution in [0, 0.1) is 5.82 Å². The van der Waals surface area contributed by atoms with Crippen LogP contribution in [0.4, 0.5) is 4.39 Å². The van der Waals surface area contributed by atoms with Crippen LogP contribution in [0.15, 0.2) is 42.5 Å². The van der Waals surface area contributed by atoms with E-state index in [1.54, 1.807) is 6.07 Å². The zero-order chi connectivity index (χ0) is 27.5. The molecule has 206 valence electrons. The highest BCUT2D eigenvalue weighted by Gasteiger charge is 2.28. The standard InChI is InChI=1S/C28H37FN4O5/c1-2-18-6-5-7-19(10-18)16-31-17-25(34)23-13-20-11-21(29)14-22(12-20)38-9-4-3-8-27(36)32-24(15-26(30)35)28(37)33-23/h5-7,10-12,14,23-25,31,34H,2-4,8-9,13,15-17H2,1H3,(H2,30,35)(H,32,36)(H,33,37)/t23-,24-,25+/m0/s1. The number of carbonyl (C=O) groups is 3. The first-order chi connectivity index (χ1) is 18.2. The normalized spacial score (nSPS) is 19.8. The smallest absolute Gasteiger partial charge is 0.243 e. The molecule has 0 saturated heterocycles. The van der Waals surface area contributed by atoms with Gasteiger partial charge in [0, 0.05) is 25.6 Å². The maximum Gasteiger partial charge on any atom is 0.243 e. The number of nitrogens with one attached hydrogen (secondary N) is 3. The molecule has 3 rings (SSSR count). The Balaban J connectivity index is 1.80. The lowest BCUT2D eigenvalue weighted by atomic mass is 9.99. The number of carbonyl (C=O) groups excluding carboxylic acids is 3. The first-order valence-electron chi connectivity index (χ1n) is 13.0. The second kappa shape index (κ2) is 14.4. The summed E-state index contributed by atoms with van der Waals surface area (Å²) in [5.41, 5.74) is 8.09. The Bertz CT molecular complexity index is 1110. The van der Waals surface area contributed by atoms with Crippen molar-refractivity contribution in [1.29, 1.82) is 0 Å². The first-order valence-corrected chi connectivity index (χ1v) is 13.0. The molecule has 2 bridgehead atoms. The first kappa shape index (κ1) is 29.1. The van der Waals surface area contributed by atoms with E-state index in [-0.39, 0.29) is 32.4 Å². The highest BCUT2D eigenvalue weighted by atomic mass is 19.1. The maximum absolute atomic E-state index is 14.4. The fourth-order valence-corrected chi connectivity index (χ4v) is 4.36. The second-order valence-electron chi connectivity index (χ2n) is 9.58. The van der Waals surface area contributed by atoms with Crippen molar-refractivity contribution in [3.63, 3.8) is 0 Å². The Hall–Kier alpha value is -3.50. The van der Waals surface area contributed by atoms with Gasteiger partial charge in [0.25, 0.3) is 0 Å². The van der Waals surface area contributed by atoms with E-state index in [0.29, 0.717) is 30.7 Å². The minimum atomic E-state index is -1.19. The molecule has 10 heteroatoms. The van der Waals surface area contributed by atoms with Crippen molar-refractivity contribution >= 4 is 17.7 Å². The van der Waals surface area contributed by atoms with E-state index < -0.39 is 41.7 Å². The summed E-state index contributed by atoms with van der Waals surface area (Å²) in [5, 5.41) is 19.6. The molecule has 0 aromatic heterocycles. The number of hydrogen-bond acceptors (Lipinski definition) is 6. The van der Waals surface area contributed by atoms with Gasteiger partial charge in [0.05, 0.1) is 25.2 Å². The number of rotatable bonds is 8. The third-order valence-electron chi connectivity index (χ3n) is 6.38. The molecule has 9 nitrogen and oxygen atoms in total. The number of nitrogens with two attached hydrogens (primary N) is 1. The number of aliphatic hydroxyl groups excluding tert-OH is 1. The Morgan fingerprint density at radius 3 is 2.74 bits per heavy atom. The van der Waals surface area contributed by atoms with E-state index >= 15 is 0 Å². The van der Waals surface area contributed by atoms with Gasteiger partial charge in [-0.1, -0.05) is 31.2 Å². The van der Waals surface area contributed by atoms with Gasteiger partial charge >= 0.3 is 0 Å². The highest BCUT2D eigenvalue weighted by molar-refractivity contribution is 5.91. The SMILES string of the molecule is CCc1cccc(CNC[C@@H](O)[C@@H]2Cc3cc(F)cc(c3)OCCCCC(=O)N[C@@H](CC(N)=O)C(=O)N2)c1. The molecule has 3 amide bonds. The zero-order valence-electron chi connectivity index (χ0n) is 21.7. The number of ether oxygens (including phenoxy) is 1. The minimum Gasteiger partial charge on any atom is -0.493 e. The van der Waals surface area contributed by atoms with E-state index in [4.69, 9.17) is 10.5 Å². The number of benzene rings is 2. The molecular weight excluding hydrogens is 491 g/mol. The summed E-state index contributed by atoms with van der Waals surface area (Å²) < 4.78 is 20.0. The largest absolute Gasteiger partial charge is 0.493 e. The van der Waals surface area contributed by atoms with Crippen molar-refractivity contribution in [2.24, 2.45) is 5.73 Å². The van der Waals surface area contributed by atoms with Crippen LogP contribution in [-0.2, 0) is 33.8 Å². The Morgan fingerprint density at radius 1 is 1.18 bits per heavy atom. The van der Waals surface area contributed by atoms with Gasteiger partial charge in [-0.2, -0.15) is 0 Å². The minimum absolute atomic E-state index is 0.0886. The van der Waals surface area contributed by atoms with Crippen molar-refractivity contribution in [3.8, 4) is 5.75 Å². The molecule has 1 heterocycles.